The summed E-state index contributed by atoms with van der Waals surface area (Å²) in [5.41, 5.74) is 6.63. The van der Waals surface area contributed by atoms with Gasteiger partial charge in [0.25, 0.3) is 0 Å². The molecule has 198 valence electrons. The van der Waals surface area contributed by atoms with Crippen molar-refractivity contribution in [2.45, 2.75) is 102 Å². The summed E-state index contributed by atoms with van der Waals surface area (Å²) in [6, 6.07) is 7.54. The quantitative estimate of drug-likeness (QED) is 0.536. The Kier molecular flexibility index (Phi) is 7.37. The van der Waals surface area contributed by atoms with E-state index < -0.39 is 5.54 Å². The van der Waals surface area contributed by atoms with Crippen LogP contribution in [-0.2, 0) is 14.3 Å². The maximum atomic E-state index is 13.5. The van der Waals surface area contributed by atoms with E-state index in [0.717, 1.165) is 24.2 Å². The summed E-state index contributed by atoms with van der Waals surface area (Å²) < 4.78 is 11.7. The minimum absolute atomic E-state index is 0.00864. The number of hydrogen-bond acceptors (Lipinski definition) is 6. The molecule has 5 atom stereocenters. The molecule has 2 amide bonds. The van der Waals surface area contributed by atoms with Gasteiger partial charge in [-0.05, 0) is 58.4 Å². The van der Waals surface area contributed by atoms with E-state index in [4.69, 9.17) is 20.2 Å². The average Bonchev–Trinajstić information content (AvgIpc) is 3.63. The number of benzene rings is 1. The fourth-order valence-corrected chi connectivity index (χ4v) is 5.90. The van der Waals surface area contributed by atoms with Gasteiger partial charge in [-0.2, -0.15) is 0 Å². The minimum Gasteiger partial charge on any atom is -0.487 e. The lowest BCUT2D eigenvalue weighted by Gasteiger charge is -2.41. The molecule has 4 rings (SSSR count). The van der Waals surface area contributed by atoms with Gasteiger partial charge in [-0.3, -0.25) is 14.5 Å². The van der Waals surface area contributed by atoms with Crippen LogP contribution in [0.4, 0.5) is 0 Å². The fraction of sp³-hybridized carbons (Fsp3) is 0.679. The number of hydrogen-bond donors (Lipinski definition) is 2. The molecule has 8 nitrogen and oxygen atoms in total. The molecule has 36 heavy (non-hydrogen) atoms. The summed E-state index contributed by atoms with van der Waals surface area (Å²) in [6.07, 6.45) is 3.80. The van der Waals surface area contributed by atoms with Crippen LogP contribution in [0.2, 0.25) is 0 Å². The predicted molar refractivity (Wildman–Crippen MR) is 140 cm³/mol. The van der Waals surface area contributed by atoms with E-state index in [0.29, 0.717) is 25.7 Å². The Balaban J connectivity index is 1.53. The van der Waals surface area contributed by atoms with Gasteiger partial charge in [-0.25, -0.2) is 4.99 Å². The smallest absolute Gasteiger partial charge is 0.231 e. The van der Waals surface area contributed by atoms with E-state index in [1.54, 1.807) is 12.0 Å². The van der Waals surface area contributed by atoms with Crippen molar-refractivity contribution >= 4 is 17.8 Å². The van der Waals surface area contributed by atoms with Gasteiger partial charge >= 0.3 is 0 Å². The molecule has 0 bridgehead atoms. The number of nitrogens with two attached hydrogens (primary N) is 1. The number of carbonyl (C=O) groups excluding carboxylic acids is 2. The molecule has 2 aliphatic heterocycles. The minimum atomic E-state index is -0.432. The number of nitrogens with zero attached hydrogens (tertiary/aromatic N) is 2. The molecule has 1 aliphatic carbocycles. The molecule has 1 saturated carbocycles. The number of rotatable bonds is 9. The highest BCUT2D eigenvalue weighted by Crippen LogP contribution is 2.47. The summed E-state index contributed by atoms with van der Waals surface area (Å²) in [4.78, 5) is 33.3. The maximum Gasteiger partial charge on any atom is 0.231 e. The maximum absolute atomic E-state index is 13.5. The lowest BCUT2D eigenvalue weighted by atomic mass is 9.87. The Morgan fingerprint density at radius 3 is 2.64 bits per heavy atom. The first-order chi connectivity index (χ1) is 17.0. The van der Waals surface area contributed by atoms with Crippen LogP contribution >= 0.6 is 0 Å². The summed E-state index contributed by atoms with van der Waals surface area (Å²) in [7, 11) is 1.66. The second-order valence-electron chi connectivity index (χ2n) is 11.4. The SMILES string of the molecule is CCC1(CC)CC(=O)N(C(CC(C)OC)C2C[C@H]2C(=O)N[C@H]2CC(C)(C)Oc3ccccc32)C(N)=N1. The monoisotopic (exact) mass is 498 g/mol. The molecule has 0 spiro atoms. The first kappa shape index (κ1) is 26.5. The standard InChI is InChI=1S/C28H42N4O4/c1-7-28(8-2)16-24(33)32(26(29)31-28)22(13-17(3)35-6)19-14-20(19)25(34)30-21-15-27(4,5)36-23-12-10-9-11-18(21)23/h9-12,17,19-22H,7-8,13-16H2,1-6H3,(H2,29,31)(H,30,34)/t17?,19?,20-,21+,22?/m1/s1. The number of methoxy groups -OCH3 is 1. The van der Waals surface area contributed by atoms with Gasteiger partial charge in [0, 0.05) is 31.1 Å². The number of ether oxygens (including phenoxy) is 2. The molecule has 3 unspecified atom stereocenters. The Morgan fingerprint density at radius 2 is 2.00 bits per heavy atom. The van der Waals surface area contributed by atoms with Crippen LogP contribution in [0.3, 0.4) is 0 Å². The summed E-state index contributed by atoms with van der Waals surface area (Å²) in [6.45, 7) is 10.2. The Morgan fingerprint density at radius 1 is 1.31 bits per heavy atom. The predicted octanol–water partition coefficient (Wildman–Crippen LogP) is 3.94. The van der Waals surface area contributed by atoms with Crippen LogP contribution in [0, 0.1) is 11.8 Å². The highest BCUT2D eigenvalue weighted by molar-refractivity contribution is 5.99. The first-order valence-electron chi connectivity index (χ1n) is 13.3. The average molecular weight is 499 g/mol. The molecule has 0 saturated heterocycles. The van der Waals surface area contributed by atoms with Gasteiger partial charge in [0.15, 0.2) is 5.96 Å². The van der Waals surface area contributed by atoms with Crippen LogP contribution in [0.15, 0.2) is 29.3 Å². The van der Waals surface area contributed by atoms with Crippen molar-refractivity contribution in [2.24, 2.45) is 22.6 Å². The number of para-hydroxylation sites is 1. The Bertz CT molecular complexity index is 1020. The molecule has 0 aromatic heterocycles. The summed E-state index contributed by atoms with van der Waals surface area (Å²) in [5, 5.41) is 3.29. The van der Waals surface area contributed by atoms with Gasteiger partial charge in [-0.1, -0.05) is 32.0 Å². The number of nitrogens with one attached hydrogen (secondary N) is 1. The molecule has 8 heteroatoms. The number of amides is 2. The fourth-order valence-electron chi connectivity index (χ4n) is 5.90. The van der Waals surface area contributed by atoms with Gasteiger partial charge < -0.3 is 20.5 Å². The van der Waals surface area contributed by atoms with Gasteiger partial charge in [0.1, 0.15) is 11.4 Å². The highest BCUT2D eigenvalue weighted by Gasteiger charge is 2.53. The second kappa shape index (κ2) is 10.0. The van der Waals surface area contributed by atoms with Crippen molar-refractivity contribution in [3.63, 3.8) is 0 Å². The molecule has 1 fully saturated rings. The van der Waals surface area contributed by atoms with Crippen molar-refractivity contribution in [2.75, 3.05) is 7.11 Å². The number of carbonyl (C=O) groups is 2. The van der Waals surface area contributed by atoms with Crippen LogP contribution in [0.25, 0.3) is 0 Å². The highest BCUT2D eigenvalue weighted by atomic mass is 16.5. The van der Waals surface area contributed by atoms with Gasteiger partial charge in [0.2, 0.25) is 11.8 Å². The van der Waals surface area contributed by atoms with E-state index >= 15 is 0 Å². The van der Waals surface area contributed by atoms with Gasteiger partial charge in [0.05, 0.1) is 24.1 Å². The van der Waals surface area contributed by atoms with Crippen molar-refractivity contribution in [3.05, 3.63) is 29.8 Å². The lowest BCUT2D eigenvalue weighted by molar-refractivity contribution is -0.133. The topological polar surface area (TPSA) is 106 Å². The zero-order valence-electron chi connectivity index (χ0n) is 22.5. The summed E-state index contributed by atoms with van der Waals surface area (Å²) >= 11 is 0. The molecule has 3 aliphatic rings. The molecule has 2 heterocycles. The Labute approximate surface area is 215 Å². The van der Waals surface area contributed by atoms with E-state index in [1.807, 2.05) is 58.9 Å². The van der Waals surface area contributed by atoms with Crippen LogP contribution < -0.4 is 15.8 Å². The molecule has 1 aromatic rings. The number of fused-ring (bicyclic) bond motifs is 1. The van der Waals surface area contributed by atoms with Crippen molar-refractivity contribution in [3.8, 4) is 5.75 Å². The molecular weight excluding hydrogens is 456 g/mol. The second-order valence-corrected chi connectivity index (χ2v) is 11.4. The third-order valence-corrected chi connectivity index (χ3v) is 8.33. The van der Waals surface area contributed by atoms with Crippen molar-refractivity contribution in [1.29, 1.82) is 0 Å². The van der Waals surface area contributed by atoms with E-state index in [1.165, 1.54) is 0 Å². The van der Waals surface area contributed by atoms with Crippen LogP contribution in [0.1, 0.15) is 84.7 Å². The Hall–Kier alpha value is -2.61. The van der Waals surface area contributed by atoms with E-state index in [-0.39, 0.29) is 53.4 Å². The number of guanidine groups is 1. The van der Waals surface area contributed by atoms with E-state index in [9.17, 15) is 9.59 Å². The number of aliphatic imine (C=N–C) groups is 1. The zero-order chi connectivity index (χ0) is 26.3. The van der Waals surface area contributed by atoms with Gasteiger partial charge in [-0.15, -0.1) is 0 Å². The first-order valence-corrected chi connectivity index (χ1v) is 13.3. The largest absolute Gasteiger partial charge is 0.487 e. The van der Waals surface area contributed by atoms with Crippen LogP contribution in [-0.4, -0.2) is 53.1 Å². The molecule has 3 N–H and O–H groups in total. The molecule has 1 aromatic carbocycles. The van der Waals surface area contributed by atoms with Crippen molar-refractivity contribution < 1.29 is 19.1 Å². The van der Waals surface area contributed by atoms with Crippen LogP contribution in [0.5, 0.6) is 5.75 Å². The summed E-state index contributed by atoms with van der Waals surface area (Å²) in [5.74, 6) is 0.932. The van der Waals surface area contributed by atoms with E-state index in [2.05, 4.69) is 5.32 Å². The van der Waals surface area contributed by atoms with Crippen molar-refractivity contribution in [1.82, 2.24) is 10.2 Å². The molecular formula is C28H42N4O4. The lowest BCUT2D eigenvalue weighted by Crippen LogP contribution is -2.56. The molecule has 0 radical (unpaired) electrons. The zero-order valence-corrected chi connectivity index (χ0v) is 22.5. The third-order valence-electron chi connectivity index (χ3n) is 8.33. The third kappa shape index (κ3) is 5.24. The normalized spacial score (nSPS) is 27.8.